The highest BCUT2D eigenvalue weighted by Gasteiger charge is 2.22. The molecule has 0 spiro atoms. The minimum absolute atomic E-state index is 0.0751. The van der Waals surface area contributed by atoms with Crippen LogP contribution in [-0.2, 0) is 17.8 Å². The van der Waals surface area contributed by atoms with Gasteiger partial charge in [-0.2, -0.15) is 5.10 Å². The Bertz CT molecular complexity index is 485. The first kappa shape index (κ1) is 12.0. The molecule has 1 aromatic heterocycles. The van der Waals surface area contributed by atoms with Gasteiger partial charge in [0.15, 0.2) is 5.15 Å². The van der Waals surface area contributed by atoms with E-state index in [4.69, 9.17) is 11.6 Å². The van der Waals surface area contributed by atoms with E-state index in [2.05, 4.69) is 10.2 Å². The summed E-state index contributed by atoms with van der Waals surface area (Å²) >= 11 is 5.81. The van der Waals surface area contributed by atoms with E-state index in [-0.39, 0.29) is 5.91 Å². The Morgan fingerprint density at radius 2 is 2.29 bits per heavy atom. The number of hydrogen-bond acceptors (Lipinski definition) is 3. The van der Waals surface area contributed by atoms with Crippen LogP contribution in [0.15, 0.2) is 17.7 Å². The lowest BCUT2D eigenvalue weighted by molar-refractivity contribution is -0.128. The number of amides is 1. The Hall–Kier alpha value is -1.42. The molecule has 0 saturated heterocycles. The lowest BCUT2D eigenvalue weighted by Gasteiger charge is -2.28. The number of carbonyl (C=O) groups excluding carboxylic acids is 1. The Balaban J connectivity index is 2.21. The van der Waals surface area contributed by atoms with E-state index in [9.17, 15) is 4.79 Å². The fourth-order valence-corrected chi connectivity index (χ4v) is 2.02. The summed E-state index contributed by atoms with van der Waals surface area (Å²) in [7, 11) is 0. The Labute approximate surface area is 105 Å². The molecule has 17 heavy (non-hydrogen) atoms. The van der Waals surface area contributed by atoms with Crippen LogP contribution >= 0.6 is 11.6 Å². The van der Waals surface area contributed by atoms with Crippen LogP contribution in [0.5, 0.6) is 0 Å². The number of allylic oxidation sites excluding steroid dienone is 1. The maximum absolute atomic E-state index is 12.0. The van der Waals surface area contributed by atoms with Gasteiger partial charge in [-0.25, -0.2) is 0 Å². The van der Waals surface area contributed by atoms with Crippen molar-refractivity contribution in [1.82, 2.24) is 15.1 Å². The van der Waals surface area contributed by atoms with Crippen molar-refractivity contribution in [2.45, 2.75) is 26.8 Å². The Morgan fingerprint density at radius 3 is 3.00 bits per heavy atom. The molecule has 0 saturated carbocycles. The van der Waals surface area contributed by atoms with Crippen LogP contribution in [0.25, 0.3) is 0 Å². The lowest BCUT2D eigenvalue weighted by atomic mass is 10.1. The summed E-state index contributed by atoms with van der Waals surface area (Å²) in [6.45, 7) is 4.95. The van der Waals surface area contributed by atoms with Gasteiger partial charge in [0.25, 0.3) is 0 Å². The van der Waals surface area contributed by atoms with E-state index in [1.807, 2.05) is 24.8 Å². The molecule has 2 heterocycles. The zero-order chi connectivity index (χ0) is 12.4. The Morgan fingerprint density at radius 1 is 1.53 bits per heavy atom. The summed E-state index contributed by atoms with van der Waals surface area (Å²) < 4.78 is 0. The third-order valence-corrected chi connectivity index (χ3v) is 3.15. The van der Waals surface area contributed by atoms with E-state index in [0.717, 1.165) is 23.3 Å². The van der Waals surface area contributed by atoms with Crippen LogP contribution < -0.4 is 0 Å². The van der Waals surface area contributed by atoms with Crippen LogP contribution in [0.4, 0.5) is 0 Å². The maximum atomic E-state index is 12.0. The highest BCUT2D eigenvalue weighted by molar-refractivity contribution is 6.29. The van der Waals surface area contributed by atoms with Gasteiger partial charge >= 0.3 is 0 Å². The normalized spacial score (nSPS) is 15.7. The minimum Gasteiger partial charge on any atom is -0.334 e. The van der Waals surface area contributed by atoms with Crippen LogP contribution in [0.1, 0.15) is 25.1 Å². The molecule has 2 rings (SSSR count). The summed E-state index contributed by atoms with van der Waals surface area (Å²) in [5.41, 5.74) is 2.70. The second kappa shape index (κ2) is 4.84. The molecule has 1 aliphatic heterocycles. The standard InChI is InChI=1S/C12H14ClN3O/c1-3-8(2)12(17)16-5-4-10-9(7-16)6-11(13)15-14-10/h3,6H,4-5,7H2,1-2H3. The molecule has 0 aromatic carbocycles. The van der Waals surface area contributed by atoms with Gasteiger partial charge in [-0.3, -0.25) is 4.79 Å². The number of hydrogen-bond donors (Lipinski definition) is 0. The summed E-state index contributed by atoms with van der Waals surface area (Å²) in [4.78, 5) is 13.8. The molecule has 1 aliphatic rings. The van der Waals surface area contributed by atoms with Crippen LogP contribution in [0.2, 0.25) is 5.15 Å². The largest absolute Gasteiger partial charge is 0.334 e. The second-order valence-electron chi connectivity index (χ2n) is 4.09. The van der Waals surface area contributed by atoms with E-state index in [1.165, 1.54) is 0 Å². The number of aromatic nitrogens is 2. The van der Waals surface area contributed by atoms with Crippen LogP contribution in [0.3, 0.4) is 0 Å². The molecule has 1 amide bonds. The van der Waals surface area contributed by atoms with E-state index in [0.29, 0.717) is 18.2 Å². The molecule has 0 bridgehead atoms. The molecule has 0 fully saturated rings. The van der Waals surface area contributed by atoms with Crippen LogP contribution in [0, 0.1) is 0 Å². The van der Waals surface area contributed by atoms with E-state index >= 15 is 0 Å². The van der Waals surface area contributed by atoms with Gasteiger partial charge in [-0.1, -0.05) is 17.7 Å². The van der Waals surface area contributed by atoms with Crippen molar-refractivity contribution < 1.29 is 4.79 Å². The summed E-state index contributed by atoms with van der Waals surface area (Å²) in [6, 6.07) is 1.79. The first-order chi connectivity index (χ1) is 8.11. The predicted molar refractivity (Wildman–Crippen MR) is 65.6 cm³/mol. The van der Waals surface area contributed by atoms with Crippen molar-refractivity contribution in [3.05, 3.63) is 34.1 Å². The fraction of sp³-hybridized carbons (Fsp3) is 0.417. The van der Waals surface area contributed by atoms with Gasteiger partial charge in [-0.15, -0.1) is 5.10 Å². The zero-order valence-corrected chi connectivity index (χ0v) is 10.7. The van der Waals surface area contributed by atoms with Crippen molar-refractivity contribution in [1.29, 1.82) is 0 Å². The van der Waals surface area contributed by atoms with Crippen molar-refractivity contribution in [3.8, 4) is 0 Å². The average molecular weight is 252 g/mol. The summed E-state index contributed by atoms with van der Waals surface area (Å²) in [6.07, 6.45) is 2.57. The quantitative estimate of drug-likeness (QED) is 0.717. The molecule has 0 aliphatic carbocycles. The fourth-order valence-electron chi connectivity index (χ4n) is 1.85. The van der Waals surface area contributed by atoms with Crippen molar-refractivity contribution in [2.24, 2.45) is 0 Å². The maximum Gasteiger partial charge on any atom is 0.249 e. The number of nitrogens with zero attached hydrogens (tertiary/aromatic N) is 3. The predicted octanol–water partition coefficient (Wildman–Crippen LogP) is 1.98. The molecular formula is C12H14ClN3O. The number of carbonyl (C=O) groups is 1. The smallest absolute Gasteiger partial charge is 0.249 e. The van der Waals surface area contributed by atoms with Crippen molar-refractivity contribution >= 4 is 17.5 Å². The number of halogens is 1. The molecule has 1 aromatic rings. The second-order valence-corrected chi connectivity index (χ2v) is 4.47. The highest BCUT2D eigenvalue weighted by Crippen LogP contribution is 2.20. The molecule has 4 nitrogen and oxygen atoms in total. The Kier molecular flexibility index (Phi) is 3.43. The molecule has 0 atom stereocenters. The van der Waals surface area contributed by atoms with Gasteiger partial charge in [0.2, 0.25) is 5.91 Å². The summed E-state index contributed by atoms with van der Waals surface area (Å²) in [5, 5.41) is 8.23. The third-order valence-electron chi connectivity index (χ3n) is 2.97. The molecule has 0 unspecified atom stereocenters. The molecule has 0 N–H and O–H groups in total. The first-order valence-electron chi connectivity index (χ1n) is 5.55. The number of fused-ring (bicyclic) bond motifs is 1. The van der Waals surface area contributed by atoms with Crippen LogP contribution in [-0.4, -0.2) is 27.5 Å². The average Bonchev–Trinajstić information content (AvgIpc) is 2.36. The first-order valence-corrected chi connectivity index (χ1v) is 5.92. The SMILES string of the molecule is CC=C(C)C(=O)N1CCc2nnc(Cl)cc2C1. The monoisotopic (exact) mass is 251 g/mol. The van der Waals surface area contributed by atoms with Crippen molar-refractivity contribution in [3.63, 3.8) is 0 Å². The van der Waals surface area contributed by atoms with Crippen molar-refractivity contribution in [2.75, 3.05) is 6.54 Å². The van der Waals surface area contributed by atoms with Gasteiger partial charge in [0.1, 0.15) is 0 Å². The summed E-state index contributed by atoms with van der Waals surface area (Å²) in [5.74, 6) is 0.0751. The zero-order valence-electron chi connectivity index (χ0n) is 9.90. The highest BCUT2D eigenvalue weighted by atomic mass is 35.5. The van der Waals surface area contributed by atoms with Gasteiger partial charge < -0.3 is 4.90 Å². The molecule has 90 valence electrons. The topological polar surface area (TPSA) is 46.1 Å². The van der Waals surface area contributed by atoms with Gasteiger partial charge in [0.05, 0.1) is 5.69 Å². The number of rotatable bonds is 1. The molecule has 0 radical (unpaired) electrons. The molecular weight excluding hydrogens is 238 g/mol. The van der Waals surface area contributed by atoms with E-state index < -0.39 is 0 Å². The lowest BCUT2D eigenvalue weighted by Crippen LogP contribution is -2.36. The molecule has 5 heteroatoms. The third kappa shape index (κ3) is 2.47. The van der Waals surface area contributed by atoms with Gasteiger partial charge in [-0.05, 0) is 25.5 Å². The minimum atomic E-state index is 0.0751. The van der Waals surface area contributed by atoms with Gasteiger partial charge in [0, 0.05) is 25.1 Å². The van der Waals surface area contributed by atoms with E-state index in [1.54, 1.807) is 6.07 Å².